The number of pyridine rings is 1. The number of thioether (sulfide) groups is 1. The Morgan fingerprint density at radius 2 is 2.32 bits per heavy atom. The van der Waals surface area contributed by atoms with Crippen molar-refractivity contribution in [3.63, 3.8) is 0 Å². The van der Waals surface area contributed by atoms with Crippen LogP contribution in [0, 0.1) is 6.92 Å². The molecular formula is C14H16N2O2S. The van der Waals surface area contributed by atoms with Crippen LogP contribution in [-0.2, 0) is 5.75 Å². The summed E-state index contributed by atoms with van der Waals surface area (Å²) in [6, 6.07) is 7.44. The third-order valence-electron chi connectivity index (χ3n) is 2.53. The number of carbonyl (C=O) groups is 1. The van der Waals surface area contributed by atoms with Crippen molar-refractivity contribution in [2.24, 2.45) is 0 Å². The number of amides is 1. The van der Waals surface area contributed by atoms with Crippen molar-refractivity contribution < 1.29 is 9.21 Å². The summed E-state index contributed by atoms with van der Waals surface area (Å²) in [5.41, 5.74) is 1.51. The zero-order valence-corrected chi connectivity index (χ0v) is 11.6. The minimum absolute atomic E-state index is 0.0777. The molecule has 0 saturated heterocycles. The van der Waals surface area contributed by atoms with Crippen LogP contribution < -0.4 is 5.32 Å². The number of aryl methyl sites for hydroxylation is 1. The van der Waals surface area contributed by atoms with Gasteiger partial charge in [-0.2, -0.15) is 11.8 Å². The molecule has 5 heteroatoms. The number of aromatic nitrogens is 1. The van der Waals surface area contributed by atoms with E-state index < -0.39 is 0 Å². The predicted octanol–water partition coefficient (Wildman–Crippen LogP) is 2.65. The molecule has 0 spiro atoms. The zero-order chi connectivity index (χ0) is 13.5. The first kappa shape index (κ1) is 13.7. The average Bonchev–Trinajstić information content (AvgIpc) is 2.92. The standard InChI is InChI=1S/C14H16N2O2S/c1-11-4-5-12(9-16-11)14(17)15-6-8-19-10-13-3-2-7-18-13/h2-5,7,9H,6,8,10H2,1H3,(H,15,17). The van der Waals surface area contributed by atoms with E-state index in [1.165, 1.54) is 0 Å². The minimum atomic E-state index is -0.0777. The molecule has 2 aromatic rings. The lowest BCUT2D eigenvalue weighted by atomic mass is 10.2. The molecule has 0 aromatic carbocycles. The Labute approximate surface area is 116 Å². The molecule has 0 fully saturated rings. The van der Waals surface area contributed by atoms with Gasteiger partial charge in [0.2, 0.25) is 0 Å². The van der Waals surface area contributed by atoms with Gasteiger partial charge in [-0.3, -0.25) is 9.78 Å². The number of nitrogens with zero attached hydrogens (tertiary/aromatic N) is 1. The maximum Gasteiger partial charge on any atom is 0.252 e. The van der Waals surface area contributed by atoms with Gasteiger partial charge in [-0.15, -0.1) is 0 Å². The first-order valence-corrected chi connectivity index (χ1v) is 7.22. The lowest BCUT2D eigenvalue weighted by molar-refractivity contribution is 0.0956. The van der Waals surface area contributed by atoms with E-state index in [4.69, 9.17) is 4.42 Å². The van der Waals surface area contributed by atoms with Crippen molar-refractivity contribution >= 4 is 17.7 Å². The van der Waals surface area contributed by atoms with Gasteiger partial charge in [-0.05, 0) is 31.2 Å². The highest BCUT2D eigenvalue weighted by molar-refractivity contribution is 7.98. The fourth-order valence-corrected chi connectivity index (χ4v) is 2.26. The molecule has 1 amide bonds. The van der Waals surface area contributed by atoms with Crippen LogP contribution in [0.25, 0.3) is 0 Å². The van der Waals surface area contributed by atoms with Gasteiger partial charge < -0.3 is 9.73 Å². The third-order valence-corrected chi connectivity index (χ3v) is 3.51. The van der Waals surface area contributed by atoms with Gasteiger partial charge in [-0.25, -0.2) is 0 Å². The number of carbonyl (C=O) groups excluding carboxylic acids is 1. The summed E-state index contributed by atoms with van der Waals surface area (Å²) in [5.74, 6) is 2.56. The summed E-state index contributed by atoms with van der Waals surface area (Å²) < 4.78 is 5.23. The van der Waals surface area contributed by atoms with Crippen molar-refractivity contribution in [2.45, 2.75) is 12.7 Å². The number of hydrogen-bond donors (Lipinski definition) is 1. The second-order valence-corrected chi connectivity index (χ2v) is 5.18. The highest BCUT2D eigenvalue weighted by atomic mass is 32.2. The molecule has 2 aromatic heterocycles. The Morgan fingerprint density at radius 1 is 1.42 bits per heavy atom. The summed E-state index contributed by atoms with van der Waals surface area (Å²) in [6.07, 6.45) is 3.27. The summed E-state index contributed by atoms with van der Waals surface area (Å²) in [6.45, 7) is 2.53. The SMILES string of the molecule is Cc1ccc(C(=O)NCCSCc2ccco2)cn1. The quantitative estimate of drug-likeness (QED) is 0.824. The Balaban J connectivity index is 1.65. The first-order valence-electron chi connectivity index (χ1n) is 6.06. The molecule has 0 saturated carbocycles. The van der Waals surface area contributed by atoms with Gasteiger partial charge in [0.1, 0.15) is 5.76 Å². The van der Waals surface area contributed by atoms with Gasteiger partial charge in [0.15, 0.2) is 0 Å². The molecule has 0 aliphatic rings. The Morgan fingerprint density at radius 3 is 3.00 bits per heavy atom. The van der Waals surface area contributed by atoms with Gasteiger partial charge in [0, 0.05) is 24.2 Å². The van der Waals surface area contributed by atoms with Crippen molar-refractivity contribution in [3.05, 3.63) is 53.7 Å². The monoisotopic (exact) mass is 276 g/mol. The molecule has 2 heterocycles. The summed E-state index contributed by atoms with van der Waals surface area (Å²) >= 11 is 1.73. The van der Waals surface area contributed by atoms with Crippen LogP contribution in [0.4, 0.5) is 0 Å². The van der Waals surface area contributed by atoms with Gasteiger partial charge in [-0.1, -0.05) is 0 Å². The smallest absolute Gasteiger partial charge is 0.252 e. The van der Waals surface area contributed by atoms with Crippen LogP contribution in [0.1, 0.15) is 21.8 Å². The van der Waals surface area contributed by atoms with Crippen molar-refractivity contribution in [3.8, 4) is 0 Å². The number of hydrogen-bond acceptors (Lipinski definition) is 4. The fraction of sp³-hybridized carbons (Fsp3) is 0.286. The first-order chi connectivity index (χ1) is 9.25. The second-order valence-electron chi connectivity index (χ2n) is 4.08. The molecule has 0 aliphatic heterocycles. The molecule has 4 nitrogen and oxygen atoms in total. The number of rotatable bonds is 6. The van der Waals surface area contributed by atoms with E-state index in [1.54, 1.807) is 30.3 Å². The summed E-state index contributed by atoms with van der Waals surface area (Å²) in [7, 11) is 0. The molecule has 1 N–H and O–H groups in total. The molecule has 0 atom stereocenters. The van der Waals surface area contributed by atoms with E-state index in [-0.39, 0.29) is 5.91 Å². The minimum Gasteiger partial charge on any atom is -0.468 e. The normalized spacial score (nSPS) is 10.4. The molecule has 0 aliphatic carbocycles. The van der Waals surface area contributed by atoms with Crippen LogP contribution in [0.2, 0.25) is 0 Å². The lowest BCUT2D eigenvalue weighted by Crippen LogP contribution is -2.25. The van der Waals surface area contributed by atoms with E-state index in [0.717, 1.165) is 23.0 Å². The van der Waals surface area contributed by atoms with E-state index >= 15 is 0 Å². The number of furan rings is 1. The van der Waals surface area contributed by atoms with E-state index in [9.17, 15) is 4.79 Å². The van der Waals surface area contributed by atoms with Crippen LogP contribution in [-0.4, -0.2) is 23.2 Å². The Kier molecular flexibility index (Phi) is 5.03. The molecule has 0 unspecified atom stereocenters. The molecule has 0 bridgehead atoms. The fourth-order valence-electron chi connectivity index (χ4n) is 1.51. The zero-order valence-electron chi connectivity index (χ0n) is 10.8. The third kappa shape index (κ3) is 4.44. The second kappa shape index (κ2) is 6.99. The van der Waals surface area contributed by atoms with Gasteiger partial charge in [0.05, 0.1) is 17.6 Å². The summed E-state index contributed by atoms with van der Waals surface area (Å²) in [4.78, 5) is 15.9. The van der Waals surface area contributed by atoms with E-state index in [0.29, 0.717) is 12.1 Å². The lowest BCUT2D eigenvalue weighted by Gasteiger charge is -2.04. The summed E-state index contributed by atoms with van der Waals surface area (Å²) in [5, 5.41) is 2.87. The van der Waals surface area contributed by atoms with Crippen molar-refractivity contribution in [2.75, 3.05) is 12.3 Å². The van der Waals surface area contributed by atoms with Crippen LogP contribution in [0.5, 0.6) is 0 Å². The molecule has 100 valence electrons. The highest BCUT2D eigenvalue weighted by Crippen LogP contribution is 2.11. The van der Waals surface area contributed by atoms with Crippen LogP contribution in [0.3, 0.4) is 0 Å². The Bertz CT molecular complexity index is 509. The molecule has 19 heavy (non-hydrogen) atoms. The largest absolute Gasteiger partial charge is 0.468 e. The van der Waals surface area contributed by atoms with E-state index in [2.05, 4.69) is 10.3 Å². The molecular weight excluding hydrogens is 260 g/mol. The van der Waals surface area contributed by atoms with Gasteiger partial charge >= 0.3 is 0 Å². The molecule has 2 rings (SSSR count). The maximum atomic E-state index is 11.8. The number of nitrogens with one attached hydrogen (secondary N) is 1. The topological polar surface area (TPSA) is 55.1 Å². The predicted molar refractivity (Wildman–Crippen MR) is 76.2 cm³/mol. The average molecular weight is 276 g/mol. The van der Waals surface area contributed by atoms with Gasteiger partial charge in [0.25, 0.3) is 5.91 Å². The Hall–Kier alpha value is -1.75. The maximum absolute atomic E-state index is 11.8. The van der Waals surface area contributed by atoms with Crippen molar-refractivity contribution in [1.29, 1.82) is 0 Å². The molecule has 0 radical (unpaired) electrons. The van der Waals surface area contributed by atoms with Crippen LogP contribution in [0.15, 0.2) is 41.1 Å². The highest BCUT2D eigenvalue weighted by Gasteiger charge is 2.04. The van der Waals surface area contributed by atoms with E-state index in [1.807, 2.05) is 25.1 Å². The van der Waals surface area contributed by atoms with Crippen LogP contribution >= 0.6 is 11.8 Å². The van der Waals surface area contributed by atoms with Crippen molar-refractivity contribution in [1.82, 2.24) is 10.3 Å².